The predicted molar refractivity (Wildman–Crippen MR) is 84.6 cm³/mol. The molecule has 1 aromatic carbocycles. The molecule has 0 saturated heterocycles. The summed E-state index contributed by atoms with van der Waals surface area (Å²) in [4.78, 5) is 11.8. The predicted octanol–water partition coefficient (Wildman–Crippen LogP) is 2.81. The molecule has 0 aliphatic rings. The Hall–Kier alpha value is -1.35. The number of hydrogen-bond acceptors (Lipinski definition) is 2. The Balaban J connectivity index is 2.23. The van der Waals surface area contributed by atoms with Crippen LogP contribution in [-0.2, 0) is 11.2 Å². The van der Waals surface area contributed by atoms with E-state index in [0.717, 1.165) is 19.3 Å². The van der Waals surface area contributed by atoms with Crippen molar-refractivity contribution >= 4 is 5.91 Å². The monoisotopic (exact) mass is 276 g/mol. The van der Waals surface area contributed by atoms with Crippen LogP contribution in [0.25, 0.3) is 0 Å². The van der Waals surface area contributed by atoms with Gasteiger partial charge in [0.1, 0.15) is 0 Å². The molecule has 3 heteroatoms. The zero-order chi connectivity index (χ0) is 15.0. The molecule has 0 unspecified atom stereocenters. The molecule has 0 aliphatic heterocycles. The van der Waals surface area contributed by atoms with Crippen LogP contribution in [0.15, 0.2) is 24.3 Å². The molecule has 20 heavy (non-hydrogen) atoms. The fourth-order valence-corrected chi connectivity index (χ4v) is 2.27. The largest absolute Gasteiger partial charge is 0.356 e. The van der Waals surface area contributed by atoms with E-state index in [1.54, 1.807) is 0 Å². The quantitative estimate of drug-likeness (QED) is 0.767. The van der Waals surface area contributed by atoms with E-state index in [2.05, 4.69) is 50.4 Å². The van der Waals surface area contributed by atoms with E-state index in [4.69, 9.17) is 5.73 Å². The van der Waals surface area contributed by atoms with E-state index in [-0.39, 0.29) is 11.3 Å². The molecule has 0 fully saturated rings. The molecule has 0 heterocycles. The number of hydrogen-bond donors (Lipinski definition) is 2. The number of aryl methyl sites for hydroxylation is 1. The third kappa shape index (κ3) is 6.71. The second-order valence-electron chi connectivity index (χ2n) is 6.29. The molecular formula is C17H28N2O. The number of amides is 1. The fourth-order valence-electron chi connectivity index (χ4n) is 2.27. The van der Waals surface area contributed by atoms with E-state index in [9.17, 15) is 4.79 Å². The van der Waals surface area contributed by atoms with Gasteiger partial charge in [0.15, 0.2) is 0 Å². The Morgan fingerprint density at radius 3 is 2.70 bits per heavy atom. The molecule has 0 radical (unpaired) electrons. The van der Waals surface area contributed by atoms with Gasteiger partial charge in [0.05, 0.1) is 0 Å². The highest BCUT2D eigenvalue weighted by Crippen LogP contribution is 2.25. The minimum atomic E-state index is 0.141. The first-order chi connectivity index (χ1) is 9.43. The van der Waals surface area contributed by atoms with Gasteiger partial charge in [-0.25, -0.2) is 0 Å². The number of rotatable bonds is 8. The van der Waals surface area contributed by atoms with E-state index < -0.39 is 0 Å². The first kappa shape index (κ1) is 16.7. The lowest BCUT2D eigenvalue weighted by atomic mass is 9.84. The summed E-state index contributed by atoms with van der Waals surface area (Å²) in [5.74, 6) is 0.141. The van der Waals surface area contributed by atoms with Crippen molar-refractivity contribution in [2.45, 2.75) is 46.5 Å². The average molecular weight is 276 g/mol. The molecule has 112 valence electrons. The van der Waals surface area contributed by atoms with Gasteiger partial charge in [-0.15, -0.1) is 0 Å². The maximum absolute atomic E-state index is 11.8. The minimum absolute atomic E-state index is 0.141. The topological polar surface area (TPSA) is 55.1 Å². The Kier molecular flexibility index (Phi) is 6.73. The van der Waals surface area contributed by atoms with Crippen molar-refractivity contribution in [1.29, 1.82) is 0 Å². The van der Waals surface area contributed by atoms with Crippen LogP contribution < -0.4 is 11.1 Å². The summed E-state index contributed by atoms with van der Waals surface area (Å²) >= 11 is 0. The maximum Gasteiger partial charge on any atom is 0.220 e. The summed E-state index contributed by atoms with van der Waals surface area (Å²) in [5, 5.41) is 3.00. The highest BCUT2D eigenvalue weighted by molar-refractivity contribution is 5.75. The maximum atomic E-state index is 11.8. The summed E-state index contributed by atoms with van der Waals surface area (Å²) in [7, 11) is 0. The molecule has 0 spiro atoms. The van der Waals surface area contributed by atoms with Crippen LogP contribution in [0.1, 0.15) is 44.2 Å². The second kappa shape index (κ2) is 8.05. The number of carbonyl (C=O) groups excluding carboxylic acids is 1. The fraction of sp³-hybridized carbons (Fsp3) is 0.588. The lowest BCUT2D eigenvalue weighted by molar-refractivity contribution is -0.121. The summed E-state index contributed by atoms with van der Waals surface area (Å²) < 4.78 is 0. The zero-order valence-electron chi connectivity index (χ0n) is 13.0. The van der Waals surface area contributed by atoms with Crippen LogP contribution in [0.2, 0.25) is 0 Å². The van der Waals surface area contributed by atoms with Crippen molar-refractivity contribution in [3.63, 3.8) is 0 Å². The van der Waals surface area contributed by atoms with E-state index in [0.29, 0.717) is 19.5 Å². The van der Waals surface area contributed by atoms with Gasteiger partial charge in [0.25, 0.3) is 0 Å². The molecule has 0 saturated carbocycles. The molecule has 3 N–H and O–H groups in total. The Bertz CT molecular complexity index is 427. The number of nitrogens with one attached hydrogen (secondary N) is 1. The van der Waals surface area contributed by atoms with Crippen LogP contribution in [0.4, 0.5) is 0 Å². The van der Waals surface area contributed by atoms with E-state index in [1.807, 2.05) is 0 Å². The second-order valence-corrected chi connectivity index (χ2v) is 6.29. The summed E-state index contributed by atoms with van der Waals surface area (Å²) in [6.07, 6.45) is 3.32. The van der Waals surface area contributed by atoms with Crippen molar-refractivity contribution in [3.05, 3.63) is 35.4 Å². The van der Waals surface area contributed by atoms with Gasteiger partial charge in [-0.05, 0) is 43.7 Å². The van der Waals surface area contributed by atoms with Crippen LogP contribution in [0.3, 0.4) is 0 Å². The normalized spacial score (nSPS) is 11.4. The molecule has 1 rings (SSSR count). The summed E-state index contributed by atoms with van der Waals surface area (Å²) in [6.45, 7) is 7.81. The zero-order valence-corrected chi connectivity index (χ0v) is 13.0. The van der Waals surface area contributed by atoms with Gasteiger partial charge in [0, 0.05) is 13.0 Å². The minimum Gasteiger partial charge on any atom is -0.356 e. The number of benzene rings is 1. The van der Waals surface area contributed by atoms with Crippen LogP contribution >= 0.6 is 0 Å². The standard InChI is InChI=1S/C17H28N2O/c1-14-5-4-6-15(13-14)8-12-19-16(20)7-9-17(2,3)10-11-18/h4-6,13H,7-12,18H2,1-3H3,(H,19,20). The van der Waals surface area contributed by atoms with Crippen molar-refractivity contribution in [2.24, 2.45) is 11.1 Å². The smallest absolute Gasteiger partial charge is 0.220 e. The third-order valence-corrected chi connectivity index (χ3v) is 3.67. The van der Waals surface area contributed by atoms with Gasteiger partial charge < -0.3 is 11.1 Å². The molecule has 1 amide bonds. The molecule has 0 aromatic heterocycles. The van der Waals surface area contributed by atoms with E-state index in [1.165, 1.54) is 11.1 Å². The van der Waals surface area contributed by atoms with E-state index >= 15 is 0 Å². The summed E-state index contributed by atoms with van der Waals surface area (Å²) in [6, 6.07) is 8.41. The van der Waals surface area contributed by atoms with Gasteiger partial charge in [-0.1, -0.05) is 43.7 Å². The highest BCUT2D eigenvalue weighted by atomic mass is 16.1. The first-order valence-electron chi connectivity index (χ1n) is 7.45. The Labute approximate surface area is 122 Å². The summed E-state index contributed by atoms with van der Waals surface area (Å²) in [5.41, 5.74) is 8.27. The van der Waals surface area contributed by atoms with Crippen LogP contribution in [-0.4, -0.2) is 19.0 Å². The van der Waals surface area contributed by atoms with Gasteiger partial charge >= 0.3 is 0 Å². The van der Waals surface area contributed by atoms with Crippen LogP contribution in [0.5, 0.6) is 0 Å². The highest BCUT2D eigenvalue weighted by Gasteiger charge is 2.17. The average Bonchev–Trinajstić information content (AvgIpc) is 2.37. The first-order valence-corrected chi connectivity index (χ1v) is 7.45. The van der Waals surface area contributed by atoms with Crippen molar-refractivity contribution in [2.75, 3.05) is 13.1 Å². The molecule has 0 atom stereocenters. The molecule has 3 nitrogen and oxygen atoms in total. The Morgan fingerprint density at radius 1 is 1.30 bits per heavy atom. The molecule has 1 aromatic rings. The lowest BCUT2D eigenvalue weighted by Gasteiger charge is -2.23. The van der Waals surface area contributed by atoms with Crippen LogP contribution in [0, 0.1) is 12.3 Å². The van der Waals surface area contributed by atoms with Crippen molar-refractivity contribution in [3.8, 4) is 0 Å². The lowest BCUT2D eigenvalue weighted by Crippen LogP contribution is -2.27. The van der Waals surface area contributed by atoms with Crippen molar-refractivity contribution in [1.82, 2.24) is 5.32 Å². The number of nitrogens with two attached hydrogens (primary N) is 1. The Morgan fingerprint density at radius 2 is 2.05 bits per heavy atom. The van der Waals surface area contributed by atoms with Gasteiger partial charge in [0.2, 0.25) is 5.91 Å². The van der Waals surface area contributed by atoms with Crippen molar-refractivity contribution < 1.29 is 4.79 Å². The van der Waals surface area contributed by atoms with Gasteiger partial charge in [-0.2, -0.15) is 0 Å². The molecular weight excluding hydrogens is 248 g/mol. The SMILES string of the molecule is Cc1cccc(CCNC(=O)CCC(C)(C)CCN)c1. The number of carbonyl (C=O) groups is 1. The molecule has 0 aliphatic carbocycles. The third-order valence-electron chi connectivity index (χ3n) is 3.67. The molecule has 0 bridgehead atoms. The van der Waals surface area contributed by atoms with Gasteiger partial charge in [-0.3, -0.25) is 4.79 Å².